The monoisotopic (exact) mass is 230 g/mol. The van der Waals surface area contributed by atoms with Crippen LogP contribution in [0, 0.1) is 0 Å². The summed E-state index contributed by atoms with van der Waals surface area (Å²) in [4.78, 5) is 16.7. The normalized spacial score (nSPS) is 27.6. The summed E-state index contributed by atoms with van der Waals surface area (Å²) < 4.78 is 5.11. The van der Waals surface area contributed by atoms with Crippen molar-refractivity contribution in [1.29, 1.82) is 0 Å². The minimum absolute atomic E-state index is 0.163. The van der Waals surface area contributed by atoms with Crippen molar-refractivity contribution >= 4 is 6.16 Å². The molecule has 1 fully saturated rings. The Labute approximate surface area is 97.0 Å². The summed E-state index contributed by atoms with van der Waals surface area (Å²) in [6.45, 7) is 11.1. The highest BCUT2D eigenvalue weighted by Gasteiger charge is 2.30. The van der Waals surface area contributed by atoms with Gasteiger partial charge in [0.25, 0.3) is 0 Å². The zero-order chi connectivity index (χ0) is 12.3. The molecule has 0 aliphatic carbocycles. The van der Waals surface area contributed by atoms with Crippen LogP contribution in [0.2, 0.25) is 0 Å². The van der Waals surface area contributed by atoms with Crippen LogP contribution in [0.25, 0.3) is 0 Å². The van der Waals surface area contributed by atoms with E-state index >= 15 is 0 Å². The van der Waals surface area contributed by atoms with Gasteiger partial charge in [0.15, 0.2) is 0 Å². The first kappa shape index (κ1) is 13.3. The second-order valence-electron chi connectivity index (χ2n) is 5.27. The first-order valence-electron chi connectivity index (χ1n) is 5.69. The van der Waals surface area contributed by atoms with E-state index in [0.29, 0.717) is 0 Å². The molecule has 16 heavy (non-hydrogen) atoms. The van der Waals surface area contributed by atoms with Crippen molar-refractivity contribution < 1.29 is 14.4 Å². The van der Waals surface area contributed by atoms with Crippen molar-refractivity contribution in [2.24, 2.45) is 0 Å². The third-order valence-corrected chi connectivity index (χ3v) is 2.32. The maximum atomic E-state index is 11.5. The van der Waals surface area contributed by atoms with Crippen LogP contribution < -0.4 is 5.32 Å². The lowest BCUT2D eigenvalue weighted by Crippen LogP contribution is -2.55. The molecule has 1 aliphatic rings. The highest BCUT2D eigenvalue weighted by molar-refractivity contribution is 5.60. The van der Waals surface area contributed by atoms with Crippen LogP contribution in [0.15, 0.2) is 0 Å². The van der Waals surface area contributed by atoms with Crippen LogP contribution in [-0.4, -0.2) is 42.0 Å². The molecule has 5 nitrogen and oxygen atoms in total. The smallest absolute Gasteiger partial charge is 0.427 e. The Kier molecular flexibility index (Phi) is 4.15. The fourth-order valence-corrected chi connectivity index (χ4v) is 1.65. The largest absolute Gasteiger partial charge is 0.528 e. The van der Waals surface area contributed by atoms with Gasteiger partial charge in [-0.1, -0.05) is 0 Å². The number of rotatable bonds is 1. The Morgan fingerprint density at radius 3 is 2.19 bits per heavy atom. The molecule has 0 amide bonds. The molecule has 94 valence electrons. The predicted molar refractivity (Wildman–Crippen MR) is 61.0 cm³/mol. The highest BCUT2D eigenvalue weighted by Crippen LogP contribution is 2.14. The molecule has 1 aliphatic heterocycles. The summed E-state index contributed by atoms with van der Waals surface area (Å²) in [5.74, 6) is 0. The van der Waals surface area contributed by atoms with Crippen molar-refractivity contribution in [2.75, 3.05) is 13.1 Å². The molecular weight excluding hydrogens is 208 g/mol. The molecule has 0 saturated carbocycles. The van der Waals surface area contributed by atoms with Crippen LogP contribution in [0.5, 0.6) is 0 Å². The maximum Gasteiger partial charge on any atom is 0.528 e. The maximum absolute atomic E-state index is 11.5. The number of nitrogens with zero attached hydrogens (tertiary/aromatic N) is 1. The van der Waals surface area contributed by atoms with Crippen LogP contribution >= 0.6 is 0 Å². The molecule has 1 saturated heterocycles. The molecule has 0 aromatic heterocycles. The zero-order valence-electron chi connectivity index (χ0n) is 10.7. The van der Waals surface area contributed by atoms with Gasteiger partial charge in [0.2, 0.25) is 0 Å². The fourth-order valence-electron chi connectivity index (χ4n) is 1.65. The zero-order valence-corrected chi connectivity index (χ0v) is 10.7. The number of carbonyl (C=O) groups is 1. The van der Waals surface area contributed by atoms with Gasteiger partial charge in [0, 0.05) is 13.1 Å². The highest BCUT2D eigenvalue weighted by atomic mass is 16.8. The first-order chi connectivity index (χ1) is 7.29. The summed E-state index contributed by atoms with van der Waals surface area (Å²) >= 11 is 0. The first-order valence-corrected chi connectivity index (χ1v) is 5.69. The van der Waals surface area contributed by atoms with Crippen molar-refractivity contribution in [1.82, 2.24) is 10.4 Å². The van der Waals surface area contributed by atoms with Gasteiger partial charge in [-0.05, 0) is 34.6 Å². The van der Waals surface area contributed by atoms with Crippen molar-refractivity contribution in [3.05, 3.63) is 0 Å². The van der Waals surface area contributed by atoms with Gasteiger partial charge < -0.3 is 14.9 Å². The van der Waals surface area contributed by atoms with Crippen molar-refractivity contribution in [2.45, 2.75) is 52.3 Å². The molecule has 0 radical (unpaired) electrons. The number of piperazine rings is 1. The number of ether oxygens (including phenoxy) is 1. The summed E-state index contributed by atoms with van der Waals surface area (Å²) in [5.41, 5.74) is -0.516. The van der Waals surface area contributed by atoms with Crippen LogP contribution in [0.4, 0.5) is 4.79 Å². The molecule has 5 heteroatoms. The van der Waals surface area contributed by atoms with E-state index in [1.165, 1.54) is 0 Å². The number of hydrogen-bond acceptors (Lipinski definition) is 5. The second-order valence-corrected chi connectivity index (χ2v) is 5.27. The van der Waals surface area contributed by atoms with Gasteiger partial charge in [0.1, 0.15) is 5.60 Å². The Balaban J connectivity index is 2.48. The molecule has 0 spiro atoms. The second kappa shape index (κ2) is 5.01. The standard InChI is InChI=1S/C11H22N2O3/c1-8-6-12-7-9(2)13(8)16-10(14)15-11(3,4)5/h8-9,12H,6-7H2,1-5H3/t8-,9+. The molecule has 1 N–H and O–H groups in total. The fraction of sp³-hybridized carbons (Fsp3) is 0.909. The molecular formula is C11H22N2O3. The van der Waals surface area contributed by atoms with Crippen LogP contribution in [0.1, 0.15) is 34.6 Å². The minimum atomic E-state index is -0.631. The van der Waals surface area contributed by atoms with Gasteiger partial charge in [-0.25, -0.2) is 4.79 Å². The SMILES string of the molecule is C[C@@H]1CNC[C@H](C)N1OC(=O)OC(C)(C)C. The lowest BCUT2D eigenvalue weighted by atomic mass is 10.2. The van der Waals surface area contributed by atoms with E-state index in [9.17, 15) is 4.79 Å². The molecule has 0 bridgehead atoms. The summed E-state index contributed by atoms with van der Waals surface area (Å²) in [6, 6.07) is 0.326. The topological polar surface area (TPSA) is 50.8 Å². The molecule has 0 unspecified atom stereocenters. The molecule has 1 rings (SSSR count). The van der Waals surface area contributed by atoms with Gasteiger partial charge in [-0.2, -0.15) is 0 Å². The van der Waals surface area contributed by atoms with Crippen LogP contribution in [0.3, 0.4) is 0 Å². The predicted octanol–water partition coefficient (Wildman–Crippen LogP) is 1.54. The van der Waals surface area contributed by atoms with Crippen molar-refractivity contribution in [3.63, 3.8) is 0 Å². The minimum Gasteiger partial charge on any atom is -0.427 e. The number of hydrogen-bond donors (Lipinski definition) is 1. The third-order valence-electron chi connectivity index (χ3n) is 2.32. The van der Waals surface area contributed by atoms with Crippen molar-refractivity contribution in [3.8, 4) is 0 Å². The van der Waals surface area contributed by atoms with E-state index in [0.717, 1.165) is 13.1 Å². The lowest BCUT2D eigenvalue weighted by molar-refractivity contribution is -0.190. The third kappa shape index (κ3) is 3.98. The van der Waals surface area contributed by atoms with E-state index < -0.39 is 11.8 Å². The van der Waals surface area contributed by atoms with Gasteiger partial charge in [-0.15, -0.1) is 5.06 Å². The van der Waals surface area contributed by atoms with E-state index in [1.54, 1.807) is 5.06 Å². The molecule has 1 heterocycles. The average molecular weight is 230 g/mol. The van der Waals surface area contributed by atoms with Gasteiger partial charge in [0.05, 0.1) is 12.1 Å². The Bertz CT molecular complexity index is 240. The average Bonchev–Trinajstić information content (AvgIpc) is 2.08. The van der Waals surface area contributed by atoms with E-state index in [-0.39, 0.29) is 12.1 Å². The van der Waals surface area contributed by atoms with E-state index in [1.807, 2.05) is 34.6 Å². The quantitative estimate of drug-likeness (QED) is 0.692. The molecule has 0 aromatic rings. The molecule has 2 atom stereocenters. The Morgan fingerprint density at radius 1 is 1.25 bits per heavy atom. The number of hydroxylamine groups is 2. The van der Waals surface area contributed by atoms with Gasteiger partial charge in [-0.3, -0.25) is 0 Å². The van der Waals surface area contributed by atoms with E-state index in [4.69, 9.17) is 9.57 Å². The summed E-state index contributed by atoms with van der Waals surface area (Å²) in [5, 5.41) is 4.96. The summed E-state index contributed by atoms with van der Waals surface area (Å²) in [7, 11) is 0. The Morgan fingerprint density at radius 2 is 1.75 bits per heavy atom. The lowest BCUT2D eigenvalue weighted by Gasteiger charge is -2.37. The van der Waals surface area contributed by atoms with E-state index in [2.05, 4.69) is 5.32 Å². The van der Waals surface area contributed by atoms with Crippen LogP contribution in [-0.2, 0) is 9.57 Å². The molecule has 0 aromatic carbocycles. The number of carbonyl (C=O) groups excluding carboxylic acids is 1. The summed E-state index contributed by atoms with van der Waals surface area (Å²) in [6.07, 6.45) is -0.631. The number of nitrogens with one attached hydrogen (secondary N) is 1. The Hall–Kier alpha value is -0.810. The van der Waals surface area contributed by atoms with Gasteiger partial charge >= 0.3 is 6.16 Å².